The quantitative estimate of drug-likeness (QED) is 0.819. The van der Waals surface area contributed by atoms with Crippen LogP contribution in [0.4, 0.5) is 0 Å². The molecule has 0 radical (unpaired) electrons. The van der Waals surface area contributed by atoms with Gasteiger partial charge >= 0.3 is 0 Å². The van der Waals surface area contributed by atoms with E-state index in [-0.39, 0.29) is 5.91 Å². The molecule has 1 aromatic rings. The molecule has 1 saturated heterocycles. The molecule has 5 nitrogen and oxygen atoms in total. The van der Waals surface area contributed by atoms with E-state index in [0.29, 0.717) is 13.2 Å². The number of hydrogen-bond acceptors (Lipinski definition) is 4. The van der Waals surface area contributed by atoms with Gasteiger partial charge in [0.2, 0.25) is 5.91 Å². The molecule has 0 saturated carbocycles. The van der Waals surface area contributed by atoms with Gasteiger partial charge in [-0.2, -0.15) is 0 Å². The second kappa shape index (κ2) is 7.87. The molecule has 0 unspecified atom stereocenters. The molecule has 1 N–H and O–H groups in total. The van der Waals surface area contributed by atoms with Crippen molar-refractivity contribution in [3.63, 3.8) is 0 Å². The van der Waals surface area contributed by atoms with Gasteiger partial charge in [0.05, 0.1) is 6.54 Å². The number of hydrogen-bond donors (Lipinski definition) is 1. The van der Waals surface area contributed by atoms with Crippen molar-refractivity contribution >= 4 is 5.91 Å². The monoisotopic (exact) mass is 277 g/mol. The van der Waals surface area contributed by atoms with Crippen LogP contribution in [0.3, 0.4) is 0 Å². The Morgan fingerprint density at radius 1 is 1.30 bits per heavy atom. The van der Waals surface area contributed by atoms with Crippen molar-refractivity contribution in [2.24, 2.45) is 0 Å². The first-order chi connectivity index (χ1) is 9.75. The second-order valence-corrected chi connectivity index (χ2v) is 5.03. The maximum absolute atomic E-state index is 12.1. The molecular formula is C15H23N3O2. The zero-order valence-electron chi connectivity index (χ0n) is 12.0. The molecule has 2 rings (SSSR count). The highest BCUT2D eigenvalue weighted by molar-refractivity contribution is 5.78. The van der Waals surface area contributed by atoms with Gasteiger partial charge in [-0.15, -0.1) is 0 Å². The van der Waals surface area contributed by atoms with Crippen LogP contribution in [0.2, 0.25) is 0 Å². The van der Waals surface area contributed by atoms with Gasteiger partial charge in [0, 0.05) is 32.7 Å². The average Bonchev–Trinajstić information content (AvgIpc) is 2.49. The van der Waals surface area contributed by atoms with Crippen LogP contribution in [-0.4, -0.2) is 68.6 Å². The summed E-state index contributed by atoms with van der Waals surface area (Å²) in [6.07, 6.45) is 0. The molecule has 20 heavy (non-hydrogen) atoms. The topological polar surface area (TPSA) is 44.8 Å². The molecule has 0 aromatic heterocycles. The van der Waals surface area contributed by atoms with Crippen LogP contribution in [0.5, 0.6) is 5.75 Å². The molecule has 1 aliphatic rings. The summed E-state index contributed by atoms with van der Waals surface area (Å²) in [7, 11) is 1.95. The Hall–Kier alpha value is -1.59. The van der Waals surface area contributed by atoms with E-state index >= 15 is 0 Å². The van der Waals surface area contributed by atoms with Crippen LogP contribution in [-0.2, 0) is 4.79 Å². The minimum absolute atomic E-state index is 0.203. The van der Waals surface area contributed by atoms with Gasteiger partial charge in [0.15, 0.2) is 0 Å². The molecule has 1 aliphatic heterocycles. The number of benzene rings is 1. The number of carbonyl (C=O) groups excluding carboxylic acids is 1. The summed E-state index contributed by atoms with van der Waals surface area (Å²) in [6.45, 7) is 5.21. The normalized spacial score (nSPS) is 15.4. The molecule has 110 valence electrons. The van der Waals surface area contributed by atoms with E-state index in [2.05, 4.69) is 5.32 Å². The van der Waals surface area contributed by atoms with Gasteiger partial charge in [0.25, 0.3) is 0 Å². The fourth-order valence-electron chi connectivity index (χ4n) is 2.16. The molecule has 0 spiro atoms. The molecule has 0 aliphatic carbocycles. The smallest absolute Gasteiger partial charge is 0.236 e. The number of rotatable bonds is 6. The Labute approximate surface area is 120 Å². The van der Waals surface area contributed by atoms with E-state index in [4.69, 9.17) is 4.74 Å². The van der Waals surface area contributed by atoms with Crippen molar-refractivity contribution in [1.29, 1.82) is 0 Å². The fraction of sp³-hybridized carbons (Fsp3) is 0.533. The summed E-state index contributed by atoms with van der Waals surface area (Å²) in [5.74, 6) is 1.07. The maximum atomic E-state index is 12.1. The number of nitrogens with one attached hydrogen (secondary N) is 1. The molecule has 5 heteroatoms. The molecule has 1 heterocycles. The van der Waals surface area contributed by atoms with E-state index < -0.39 is 0 Å². The third-order valence-corrected chi connectivity index (χ3v) is 3.36. The van der Waals surface area contributed by atoms with Crippen molar-refractivity contribution in [2.45, 2.75) is 0 Å². The Bertz CT molecular complexity index is 405. The Morgan fingerprint density at radius 2 is 2.00 bits per heavy atom. The zero-order valence-corrected chi connectivity index (χ0v) is 12.0. The second-order valence-electron chi connectivity index (χ2n) is 5.03. The van der Waals surface area contributed by atoms with E-state index in [1.54, 1.807) is 0 Å². The fourth-order valence-corrected chi connectivity index (χ4v) is 2.16. The van der Waals surface area contributed by atoms with Crippen LogP contribution >= 0.6 is 0 Å². The summed E-state index contributed by atoms with van der Waals surface area (Å²) in [6, 6.07) is 9.74. The predicted molar refractivity (Wildman–Crippen MR) is 78.9 cm³/mol. The lowest BCUT2D eigenvalue weighted by molar-refractivity contribution is -0.132. The molecule has 1 aromatic carbocycles. The van der Waals surface area contributed by atoms with Crippen LogP contribution < -0.4 is 10.1 Å². The Kier molecular flexibility index (Phi) is 5.83. The number of para-hydroxylation sites is 1. The van der Waals surface area contributed by atoms with Crippen molar-refractivity contribution in [3.05, 3.63) is 30.3 Å². The first kappa shape index (κ1) is 14.8. The molecule has 1 fully saturated rings. The first-order valence-electron chi connectivity index (χ1n) is 7.10. The number of amides is 1. The van der Waals surface area contributed by atoms with Crippen molar-refractivity contribution in [2.75, 3.05) is 52.9 Å². The number of ether oxygens (including phenoxy) is 1. The highest BCUT2D eigenvalue weighted by Gasteiger charge is 2.17. The standard InChI is InChI=1S/C15H23N3O2/c1-17(11-12-20-14-5-3-2-4-6-14)13-15(19)18-9-7-16-8-10-18/h2-6,16H,7-13H2,1H3. The zero-order chi connectivity index (χ0) is 14.2. The summed E-state index contributed by atoms with van der Waals surface area (Å²) in [5.41, 5.74) is 0. The lowest BCUT2D eigenvalue weighted by atomic mass is 10.3. The minimum Gasteiger partial charge on any atom is -0.492 e. The lowest BCUT2D eigenvalue weighted by Gasteiger charge is -2.29. The molecule has 0 atom stereocenters. The average molecular weight is 277 g/mol. The van der Waals surface area contributed by atoms with Crippen molar-refractivity contribution < 1.29 is 9.53 Å². The molecule has 0 bridgehead atoms. The number of nitrogens with zero attached hydrogens (tertiary/aromatic N) is 2. The predicted octanol–water partition coefficient (Wildman–Crippen LogP) is 0.429. The Balaban J connectivity index is 1.64. The summed E-state index contributed by atoms with van der Waals surface area (Å²) >= 11 is 0. The minimum atomic E-state index is 0.203. The van der Waals surface area contributed by atoms with E-state index in [0.717, 1.165) is 38.5 Å². The van der Waals surface area contributed by atoms with Crippen LogP contribution in [0.1, 0.15) is 0 Å². The van der Waals surface area contributed by atoms with Crippen LogP contribution in [0, 0.1) is 0 Å². The number of likely N-dealkylation sites (N-methyl/N-ethyl adjacent to an activating group) is 1. The number of carbonyl (C=O) groups is 1. The van der Waals surface area contributed by atoms with Gasteiger partial charge in [-0.25, -0.2) is 0 Å². The van der Waals surface area contributed by atoms with Crippen molar-refractivity contribution in [3.8, 4) is 5.75 Å². The SMILES string of the molecule is CN(CCOc1ccccc1)CC(=O)N1CCNCC1. The molecular weight excluding hydrogens is 254 g/mol. The highest BCUT2D eigenvalue weighted by Crippen LogP contribution is 2.07. The Morgan fingerprint density at radius 3 is 2.70 bits per heavy atom. The molecule has 1 amide bonds. The van der Waals surface area contributed by atoms with Gasteiger partial charge in [-0.1, -0.05) is 18.2 Å². The van der Waals surface area contributed by atoms with Gasteiger partial charge in [-0.05, 0) is 19.2 Å². The van der Waals surface area contributed by atoms with Crippen molar-refractivity contribution in [1.82, 2.24) is 15.1 Å². The maximum Gasteiger partial charge on any atom is 0.236 e. The van der Waals surface area contributed by atoms with Crippen LogP contribution in [0.15, 0.2) is 30.3 Å². The summed E-state index contributed by atoms with van der Waals surface area (Å²) < 4.78 is 5.63. The summed E-state index contributed by atoms with van der Waals surface area (Å²) in [5, 5.41) is 3.25. The first-order valence-corrected chi connectivity index (χ1v) is 7.10. The third kappa shape index (κ3) is 4.83. The third-order valence-electron chi connectivity index (χ3n) is 3.36. The number of piperazine rings is 1. The van der Waals surface area contributed by atoms with Gasteiger partial charge in [0.1, 0.15) is 12.4 Å². The largest absolute Gasteiger partial charge is 0.492 e. The van der Waals surface area contributed by atoms with Crippen LogP contribution in [0.25, 0.3) is 0 Å². The highest BCUT2D eigenvalue weighted by atomic mass is 16.5. The summed E-state index contributed by atoms with van der Waals surface area (Å²) in [4.78, 5) is 16.0. The van der Waals surface area contributed by atoms with Gasteiger partial charge in [-0.3, -0.25) is 9.69 Å². The van der Waals surface area contributed by atoms with Gasteiger partial charge < -0.3 is 15.0 Å². The lowest BCUT2D eigenvalue weighted by Crippen LogP contribution is -2.49. The van der Waals surface area contributed by atoms with E-state index in [9.17, 15) is 4.79 Å². The van der Waals surface area contributed by atoms with E-state index in [1.165, 1.54) is 0 Å². The van der Waals surface area contributed by atoms with E-state index in [1.807, 2.05) is 47.2 Å².